The Morgan fingerprint density at radius 2 is 2.20 bits per heavy atom. The Bertz CT molecular complexity index is 518. The Labute approximate surface area is 119 Å². The zero-order valence-electron chi connectivity index (χ0n) is 11.7. The molecule has 2 N–H and O–H groups in total. The predicted molar refractivity (Wildman–Crippen MR) is 76.1 cm³/mol. The second-order valence-corrected chi connectivity index (χ2v) is 5.80. The molecule has 0 radical (unpaired) electrons. The first-order valence-corrected chi connectivity index (χ1v) is 7.03. The van der Waals surface area contributed by atoms with Crippen LogP contribution in [0.25, 0.3) is 0 Å². The normalized spacial score (nSPS) is 25.8. The van der Waals surface area contributed by atoms with E-state index >= 15 is 0 Å². The van der Waals surface area contributed by atoms with Crippen molar-refractivity contribution in [3.05, 3.63) is 35.4 Å². The highest BCUT2D eigenvalue weighted by molar-refractivity contribution is 5.94. The minimum absolute atomic E-state index is 0.207. The van der Waals surface area contributed by atoms with Crippen molar-refractivity contribution in [2.45, 2.75) is 38.2 Å². The smallest absolute Gasteiger partial charge is 0.251 e. The third-order valence-electron chi connectivity index (χ3n) is 3.92. The minimum Gasteiger partial charge on any atom is -0.388 e. The van der Waals surface area contributed by atoms with E-state index in [1.165, 1.54) is 0 Å². The van der Waals surface area contributed by atoms with Crippen LogP contribution in [0.1, 0.15) is 48.5 Å². The van der Waals surface area contributed by atoms with Gasteiger partial charge in [-0.25, -0.2) is 0 Å². The molecule has 2 rings (SSSR count). The van der Waals surface area contributed by atoms with Gasteiger partial charge in [-0.2, -0.15) is 5.26 Å². The number of benzene rings is 1. The zero-order chi connectivity index (χ0) is 14.6. The number of rotatable bonds is 3. The van der Waals surface area contributed by atoms with E-state index in [0.717, 1.165) is 25.7 Å². The van der Waals surface area contributed by atoms with Crippen molar-refractivity contribution >= 4 is 5.91 Å². The lowest BCUT2D eigenvalue weighted by Gasteiger charge is -2.35. The molecule has 4 heteroatoms. The molecule has 106 valence electrons. The van der Waals surface area contributed by atoms with Crippen molar-refractivity contribution in [2.24, 2.45) is 5.92 Å². The van der Waals surface area contributed by atoms with Gasteiger partial charge in [-0.05, 0) is 43.0 Å². The maximum Gasteiger partial charge on any atom is 0.251 e. The van der Waals surface area contributed by atoms with Crippen LogP contribution >= 0.6 is 0 Å². The summed E-state index contributed by atoms with van der Waals surface area (Å²) in [6.07, 6.45) is 3.63. The molecule has 1 aliphatic rings. The molecule has 1 amide bonds. The van der Waals surface area contributed by atoms with Crippen molar-refractivity contribution in [1.82, 2.24) is 5.32 Å². The van der Waals surface area contributed by atoms with E-state index in [2.05, 4.69) is 12.2 Å². The Hall–Kier alpha value is -1.86. The fourth-order valence-corrected chi connectivity index (χ4v) is 2.84. The van der Waals surface area contributed by atoms with Crippen molar-refractivity contribution in [3.8, 4) is 6.07 Å². The minimum atomic E-state index is -0.778. The maximum atomic E-state index is 12.0. The van der Waals surface area contributed by atoms with E-state index in [4.69, 9.17) is 5.26 Å². The van der Waals surface area contributed by atoms with Gasteiger partial charge in [0.1, 0.15) is 0 Å². The van der Waals surface area contributed by atoms with Gasteiger partial charge in [0.25, 0.3) is 5.91 Å². The monoisotopic (exact) mass is 272 g/mol. The molecule has 1 aromatic carbocycles. The summed E-state index contributed by atoms with van der Waals surface area (Å²) >= 11 is 0. The van der Waals surface area contributed by atoms with Crippen molar-refractivity contribution in [3.63, 3.8) is 0 Å². The molecule has 0 heterocycles. The number of nitrogens with zero attached hydrogens (tertiary/aromatic N) is 1. The lowest BCUT2D eigenvalue weighted by Crippen LogP contribution is -2.45. The van der Waals surface area contributed by atoms with Crippen molar-refractivity contribution < 1.29 is 9.90 Å². The molecule has 1 aliphatic carbocycles. The van der Waals surface area contributed by atoms with Crippen molar-refractivity contribution in [1.29, 1.82) is 5.26 Å². The molecular weight excluding hydrogens is 252 g/mol. The van der Waals surface area contributed by atoms with Gasteiger partial charge >= 0.3 is 0 Å². The molecule has 0 saturated heterocycles. The Morgan fingerprint density at radius 3 is 2.80 bits per heavy atom. The van der Waals surface area contributed by atoms with Gasteiger partial charge in [0.15, 0.2) is 0 Å². The van der Waals surface area contributed by atoms with Crippen LogP contribution in [0.3, 0.4) is 0 Å². The van der Waals surface area contributed by atoms with Gasteiger partial charge in [0.05, 0.1) is 17.2 Å². The number of aliphatic hydroxyl groups is 1. The SMILES string of the molecule is CC1CCCC(O)(CNC(=O)c2ccc(C#N)cc2)C1. The highest BCUT2D eigenvalue weighted by Gasteiger charge is 2.32. The second-order valence-electron chi connectivity index (χ2n) is 5.80. The Balaban J connectivity index is 1.92. The average Bonchev–Trinajstić information content (AvgIpc) is 2.45. The molecule has 1 aromatic rings. The second kappa shape index (κ2) is 6.06. The summed E-state index contributed by atoms with van der Waals surface area (Å²) in [5, 5.41) is 22.0. The first kappa shape index (κ1) is 14.5. The molecule has 20 heavy (non-hydrogen) atoms. The molecule has 0 aliphatic heterocycles. The molecule has 1 fully saturated rings. The fourth-order valence-electron chi connectivity index (χ4n) is 2.84. The van der Waals surface area contributed by atoms with Gasteiger partial charge in [-0.1, -0.05) is 19.8 Å². The first-order valence-electron chi connectivity index (χ1n) is 7.03. The summed E-state index contributed by atoms with van der Waals surface area (Å²) in [6.45, 7) is 2.42. The van der Waals surface area contributed by atoms with E-state index in [-0.39, 0.29) is 12.5 Å². The standard InChI is InChI=1S/C16H20N2O2/c1-12-3-2-8-16(20,9-12)11-18-15(19)14-6-4-13(10-17)5-7-14/h4-7,12,20H,2-3,8-9,11H2,1H3,(H,18,19). The molecule has 1 saturated carbocycles. The molecule has 0 aromatic heterocycles. The van der Waals surface area contributed by atoms with E-state index in [0.29, 0.717) is 17.0 Å². The van der Waals surface area contributed by atoms with Crippen LogP contribution in [0.5, 0.6) is 0 Å². The summed E-state index contributed by atoms with van der Waals surface area (Å²) in [7, 11) is 0. The van der Waals surface area contributed by atoms with E-state index in [1.807, 2.05) is 6.07 Å². The average molecular weight is 272 g/mol. The van der Waals surface area contributed by atoms with Crippen LogP contribution in [0.2, 0.25) is 0 Å². The molecule has 2 atom stereocenters. The molecular formula is C16H20N2O2. The molecule has 2 unspecified atom stereocenters. The van der Waals surface area contributed by atoms with Gasteiger partial charge in [-0.3, -0.25) is 4.79 Å². The van der Waals surface area contributed by atoms with E-state index < -0.39 is 5.60 Å². The number of carbonyl (C=O) groups excluding carboxylic acids is 1. The molecule has 0 bridgehead atoms. The summed E-state index contributed by atoms with van der Waals surface area (Å²) in [6, 6.07) is 8.50. The Morgan fingerprint density at radius 1 is 1.50 bits per heavy atom. The van der Waals surface area contributed by atoms with Gasteiger partial charge < -0.3 is 10.4 Å². The first-order chi connectivity index (χ1) is 9.52. The largest absolute Gasteiger partial charge is 0.388 e. The highest BCUT2D eigenvalue weighted by atomic mass is 16.3. The fraction of sp³-hybridized carbons (Fsp3) is 0.500. The topological polar surface area (TPSA) is 73.1 Å². The lowest BCUT2D eigenvalue weighted by molar-refractivity contribution is -0.0109. The third kappa shape index (κ3) is 3.58. The van der Waals surface area contributed by atoms with E-state index in [1.54, 1.807) is 24.3 Å². The summed E-state index contributed by atoms with van der Waals surface area (Å²) < 4.78 is 0. The number of hydrogen-bond acceptors (Lipinski definition) is 3. The van der Waals surface area contributed by atoms with Crippen LogP contribution < -0.4 is 5.32 Å². The van der Waals surface area contributed by atoms with Gasteiger partial charge in [-0.15, -0.1) is 0 Å². The number of nitrogens with one attached hydrogen (secondary N) is 1. The predicted octanol–water partition coefficient (Wildman–Crippen LogP) is 2.23. The van der Waals surface area contributed by atoms with Crippen LogP contribution in [-0.2, 0) is 0 Å². The summed E-state index contributed by atoms with van der Waals surface area (Å²) in [5.41, 5.74) is 0.262. The van der Waals surface area contributed by atoms with Crippen LogP contribution in [0.4, 0.5) is 0 Å². The zero-order valence-corrected chi connectivity index (χ0v) is 11.7. The van der Waals surface area contributed by atoms with Crippen LogP contribution in [0, 0.1) is 17.2 Å². The number of nitriles is 1. The van der Waals surface area contributed by atoms with Gasteiger partial charge in [0, 0.05) is 12.1 Å². The summed E-state index contributed by atoms with van der Waals surface area (Å²) in [4.78, 5) is 12.0. The molecule has 4 nitrogen and oxygen atoms in total. The maximum absolute atomic E-state index is 12.0. The summed E-state index contributed by atoms with van der Waals surface area (Å²) in [5.74, 6) is 0.293. The van der Waals surface area contributed by atoms with Crippen LogP contribution in [-0.4, -0.2) is 23.2 Å². The quantitative estimate of drug-likeness (QED) is 0.886. The molecule has 0 spiro atoms. The third-order valence-corrected chi connectivity index (χ3v) is 3.92. The van der Waals surface area contributed by atoms with Gasteiger partial charge in [0.2, 0.25) is 0 Å². The van der Waals surface area contributed by atoms with Crippen molar-refractivity contribution in [2.75, 3.05) is 6.54 Å². The van der Waals surface area contributed by atoms with E-state index in [9.17, 15) is 9.90 Å². The highest BCUT2D eigenvalue weighted by Crippen LogP contribution is 2.31. The van der Waals surface area contributed by atoms with Crippen LogP contribution in [0.15, 0.2) is 24.3 Å². The number of amides is 1. The lowest BCUT2D eigenvalue weighted by atomic mass is 9.79. The number of hydrogen-bond donors (Lipinski definition) is 2. The number of carbonyl (C=O) groups is 1. The Kier molecular flexibility index (Phi) is 4.41.